The number of nitrogens with zero attached hydrogens (tertiary/aromatic N) is 2. The molecule has 2 fully saturated rings. The molecule has 1 atom stereocenters. The Morgan fingerprint density at radius 3 is 2.74 bits per heavy atom. The summed E-state index contributed by atoms with van der Waals surface area (Å²) in [5.41, 5.74) is 1.11. The van der Waals surface area contributed by atoms with E-state index in [4.69, 9.17) is 14.2 Å². The molecule has 1 heterocycles. The lowest BCUT2D eigenvalue weighted by Gasteiger charge is -2.23. The maximum absolute atomic E-state index is 6.33. The van der Waals surface area contributed by atoms with E-state index < -0.39 is 0 Å². The minimum atomic E-state index is 0.299. The molecule has 1 aromatic carbocycles. The largest absolute Gasteiger partial charge is 0.493 e. The van der Waals surface area contributed by atoms with Crippen LogP contribution >= 0.6 is 0 Å². The topological polar surface area (TPSA) is 55.3 Å². The van der Waals surface area contributed by atoms with Gasteiger partial charge in [-0.3, -0.25) is 4.99 Å². The maximum atomic E-state index is 6.33. The van der Waals surface area contributed by atoms with Gasteiger partial charge in [0, 0.05) is 45.3 Å². The van der Waals surface area contributed by atoms with Gasteiger partial charge in [-0.25, -0.2) is 0 Å². The highest BCUT2D eigenvalue weighted by molar-refractivity contribution is 5.80. The fourth-order valence-electron chi connectivity index (χ4n) is 4.07. The molecule has 1 saturated carbocycles. The first-order valence-electron chi connectivity index (χ1n) is 10.0. The molecule has 1 aliphatic carbocycles. The normalized spacial score (nSPS) is 20.9. The van der Waals surface area contributed by atoms with E-state index in [1.807, 2.05) is 19.2 Å². The lowest BCUT2D eigenvalue weighted by Crippen LogP contribution is -2.40. The van der Waals surface area contributed by atoms with Crippen LogP contribution in [0.2, 0.25) is 0 Å². The molecule has 1 aliphatic heterocycles. The summed E-state index contributed by atoms with van der Waals surface area (Å²) in [4.78, 5) is 6.78. The van der Waals surface area contributed by atoms with Crippen molar-refractivity contribution in [3.05, 3.63) is 23.8 Å². The number of ether oxygens (including phenoxy) is 3. The van der Waals surface area contributed by atoms with Crippen molar-refractivity contribution in [3.63, 3.8) is 0 Å². The Hall–Kier alpha value is -1.95. The Labute approximate surface area is 162 Å². The molecule has 3 rings (SSSR count). The zero-order chi connectivity index (χ0) is 19.1. The second-order valence-electron chi connectivity index (χ2n) is 7.43. The summed E-state index contributed by atoms with van der Waals surface area (Å²) in [5, 5.41) is 3.51. The number of aliphatic imine (C=N–C) groups is 1. The van der Waals surface area contributed by atoms with Gasteiger partial charge < -0.3 is 24.4 Å². The van der Waals surface area contributed by atoms with Crippen molar-refractivity contribution >= 4 is 5.96 Å². The van der Waals surface area contributed by atoms with Crippen molar-refractivity contribution in [2.24, 2.45) is 10.9 Å². The smallest absolute Gasteiger partial charge is 0.193 e. The van der Waals surface area contributed by atoms with Gasteiger partial charge in [0.15, 0.2) is 17.5 Å². The van der Waals surface area contributed by atoms with Crippen LogP contribution in [0.3, 0.4) is 0 Å². The molecule has 0 radical (unpaired) electrons. The molecule has 0 aromatic heterocycles. The molecule has 1 unspecified atom stereocenters. The fraction of sp³-hybridized carbons (Fsp3) is 0.667. The lowest BCUT2D eigenvalue weighted by molar-refractivity contribution is 0.157. The zero-order valence-corrected chi connectivity index (χ0v) is 16.9. The van der Waals surface area contributed by atoms with Crippen LogP contribution in [0.15, 0.2) is 23.2 Å². The maximum Gasteiger partial charge on any atom is 0.193 e. The molecule has 1 saturated heterocycles. The molecular formula is C21H33N3O3. The van der Waals surface area contributed by atoms with E-state index in [0.717, 1.165) is 62.0 Å². The van der Waals surface area contributed by atoms with Crippen LogP contribution in [0.25, 0.3) is 0 Å². The van der Waals surface area contributed by atoms with E-state index in [1.165, 1.54) is 12.8 Å². The number of methoxy groups -OCH3 is 2. The highest BCUT2D eigenvalue weighted by atomic mass is 16.5. The Morgan fingerprint density at radius 1 is 1.22 bits per heavy atom. The third-order valence-corrected chi connectivity index (χ3v) is 5.50. The molecule has 150 valence electrons. The van der Waals surface area contributed by atoms with Crippen molar-refractivity contribution in [1.82, 2.24) is 10.2 Å². The van der Waals surface area contributed by atoms with Crippen LogP contribution in [0.5, 0.6) is 11.5 Å². The Kier molecular flexibility index (Phi) is 7.21. The van der Waals surface area contributed by atoms with Crippen LogP contribution in [0.4, 0.5) is 0 Å². The first-order chi connectivity index (χ1) is 13.2. The van der Waals surface area contributed by atoms with Crippen molar-refractivity contribution in [3.8, 4) is 11.5 Å². The van der Waals surface area contributed by atoms with Crippen LogP contribution in [0, 0.1) is 5.92 Å². The second kappa shape index (κ2) is 9.83. The van der Waals surface area contributed by atoms with E-state index in [-0.39, 0.29) is 0 Å². The monoisotopic (exact) mass is 375 g/mol. The molecule has 0 amide bonds. The standard InChI is InChI=1S/C21H33N3O3/c1-22-21(24-12-11-16(14-24)15-25-2)23-13-17-7-6-10-19(26-3)20(17)27-18-8-4-5-9-18/h6-7,10,16,18H,4-5,8-9,11-15H2,1-3H3,(H,22,23). The summed E-state index contributed by atoms with van der Waals surface area (Å²) in [7, 11) is 5.31. The van der Waals surface area contributed by atoms with E-state index in [9.17, 15) is 0 Å². The number of hydrogen-bond donors (Lipinski definition) is 1. The molecule has 0 bridgehead atoms. The number of para-hydroxylation sites is 1. The second-order valence-corrected chi connectivity index (χ2v) is 7.43. The Bertz CT molecular complexity index is 629. The van der Waals surface area contributed by atoms with Crippen molar-refractivity contribution in [1.29, 1.82) is 0 Å². The highest BCUT2D eigenvalue weighted by Crippen LogP contribution is 2.34. The molecule has 27 heavy (non-hydrogen) atoms. The van der Waals surface area contributed by atoms with Gasteiger partial charge in [0.2, 0.25) is 0 Å². The first-order valence-corrected chi connectivity index (χ1v) is 10.0. The predicted molar refractivity (Wildman–Crippen MR) is 108 cm³/mol. The lowest BCUT2D eigenvalue weighted by atomic mass is 10.1. The summed E-state index contributed by atoms with van der Waals surface area (Å²) < 4.78 is 17.2. The predicted octanol–water partition coefficient (Wildman–Crippen LogP) is 3.06. The Morgan fingerprint density at radius 2 is 2.04 bits per heavy atom. The van der Waals surface area contributed by atoms with E-state index in [0.29, 0.717) is 18.6 Å². The summed E-state index contributed by atoms with van der Waals surface area (Å²) in [6.07, 6.45) is 6.19. The number of guanidine groups is 1. The van der Waals surface area contributed by atoms with E-state index in [2.05, 4.69) is 21.3 Å². The molecule has 1 N–H and O–H groups in total. The fourth-order valence-corrected chi connectivity index (χ4v) is 4.07. The third-order valence-electron chi connectivity index (χ3n) is 5.50. The van der Waals surface area contributed by atoms with Gasteiger partial charge in [-0.1, -0.05) is 12.1 Å². The number of benzene rings is 1. The van der Waals surface area contributed by atoms with Gasteiger partial charge in [-0.15, -0.1) is 0 Å². The summed E-state index contributed by atoms with van der Waals surface area (Å²) in [6.45, 7) is 3.47. The number of rotatable bonds is 7. The summed E-state index contributed by atoms with van der Waals surface area (Å²) >= 11 is 0. The van der Waals surface area contributed by atoms with Gasteiger partial charge in [-0.05, 0) is 38.2 Å². The van der Waals surface area contributed by atoms with Crippen molar-refractivity contribution in [2.75, 3.05) is 41.0 Å². The molecular weight excluding hydrogens is 342 g/mol. The zero-order valence-electron chi connectivity index (χ0n) is 16.9. The molecule has 0 spiro atoms. The number of hydrogen-bond acceptors (Lipinski definition) is 4. The van der Waals surface area contributed by atoms with Crippen LogP contribution in [0.1, 0.15) is 37.7 Å². The van der Waals surface area contributed by atoms with Crippen LogP contribution in [-0.4, -0.2) is 57.9 Å². The van der Waals surface area contributed by atoms with Gasteiger partial charge in [-0.2, -0.15) is 0 Å². The third kappa shape index (κ3) is 5.06. The van der Waals surface area contributed by atoms with Gasteiger partial charge >= 0.3 is 0 Å². The van der Waals surface area contributed by atoms with Crippen LogP contribution in [-0.2, 0) is 11.3 Å². The average Bonchev–Trinajstić information content (AvgIpc) is 3.36. The Balaban J connectivity index is 1.65. The quantitative estimate of drug-likeness (QED) is 0.586. The van der Waals surface area contributed by atoms with E-state index >= 15 is 0 Å². The van der Waals surface area contributed by atoms with Crippen molar-refractivity contribution in [2.45, 2.75) is 44.8 Å². The molecule has 2 aliphatic rings. The minimum absolute atomic E-state index is 0.299. The number of nitrogens with one attached hydrogen (secondary N) is 1. The van der Waals surface area contributed by atoms with Gasteiger partial charge in [0.1, 0.15) is 0 Å². The molecule has 1 aromatic rings. The average molecular weight is 376 g/mol. The first kappa shape index (κ1) is 19.8. The van der Waals surface area contributed by atoms with Gasteiger partial charge in [0.05, 0.1) is 19.8 Å². The number of likely N-dealkylation sites (tertiary alicyclic amines) is 1. The summed E-state index contributed by atoms with van der Waals surface area (Å²) in [6, 6.07) is 6.09. The minimum Gasteiger partial charge on any atom is -0.493 e. The van der Waals surface area contributed by atoms with E-state index in [1.54, 1.807) is 14.2 Å². The SMILES string of the molecule is CN=C(NCc1cccc(OC)c1OC1CCCC1)N1CCC(COC)C1. The van der Waals surface area contributed by atoms with Crippen LogP contribution < -0.4 is 14.8 Å². The molecule has 6 heteroatoms. The van der Waals surface area contributed by atoms with Crippen molar-refractivity contribution < 1.29 is 14.2 Å². The summed E-state index contributed by atoms with van der Waals surface area (Å²) in [5.74, 6) is 3.18. The van der Waals surface area contributed by atoms with Gasteiger partial charge in [0.25, 0.3) is 0 Å². The highest BCUT2D eigenvalue weighted by Gasteiger charge is 2.25. The molecule has 6 nitrogen and oxygen atoms in total.